The molecular weight excluding hydrogens is 398 g/mol. The average molecular weight is 421 g/mol. The molecule has 0 saturated carbocycles. The zero-order chi connectivity index (χ0) is 22.0. The Balaban J connectivity index is 0.000000612. The highest BCUT2D eigenvalue weighted by molar-refractivity contribution is 7.12. The summed E-state index contributed by atoms with van der Waals surface area (Å²) in [7, 11) is 3.86. The van der Waals surface area contributed by atoms with E-state index in [1.165, 1.54) is 11.3 Å². The second kappa shape index (κ2) is 11.7. The van der Waals surface area contributed by atoms with E-state index in [1.807, 2.05) is 55.6 Å². The minimum atomic E-state index is -1.82. The van der Waals surface area contributed by atoms with Crippen LogP contribution in [0.1, 0.15) is 33.6 Å². The summed E-state index contributed by atoms with van der Waals surface area (Å²) in [6.07, 6.45) is 0. The van der Waals surface area contributed by atoms with Gasteiger partial charge in [0.15, 0.2) is 0 Å². The van der Waals surface area contributed by atoms with Gasteiger partial charge in [-0.2, -0.15) is 0 Å². The molecule has 1 aromatic carbocycles. The molecule has 9 heteroatoms. The van der Waals surface area contributed by atoms with E-state index in [0.29, 0.717) is 23.6 Å². The third-order valence-electron chi connectivity index (χ3n) is 3.74. The quantitative estimate of drug-likeness (QED) is 0.397. The van der Waals surface area contributed by atoms with Crippen molar-refractivity contribution in [2.75, 3.05) is 27.2 Å². The first-order valence-electron chi connectivity index (χ1n) is 8.59. The summed E-state index contributed by atoms with van der Waals surface area (Å²) in [6.45, 7) is 2.89. The van der Waals surface area contributed by atoms with Crippen molar-refractivity contribution in [3.05, 3.63) is 57.8 Å². The van der Waals surface area contributed by atoms with E-state index in [4.69, 9.17) is 24.5 Å². The fraction of sp³-hybridized carbons (Fsp3) is 0.300. The Morgan fingerprint density at radius 1 is 1.03 bits per heavy atom. The fourth-order valence-electron chi connectivity index (χ4n) is 2.06. The number of aliphatic carboxylic acids is 2. The van der Waals surface area contributed by atoms with E-state index in [-0.39, 0.29) is 17.7 Å². The lowest BCUT2D eigenvalue weighted by Gasteiger charge is -2.14. The lowest BCUT2D eigenvalue weighted by atomic mass is 9.98. The smallest absolute Gasteiger partial charge is 0.414 e. The summed E-state index contributed by atoms with van der Waals surface area (Å²) in [5, 5.41) is 16.7. The number of ether oxygens (including phenoxy) is 1. The van der Waals surface area contributed by atoms with Crippen LogP contribution in [0.3, 0.4) is 0 Å². The van der Waals surface area contributed by atoms with Gasteiger partial charge in [0.05, 0.1) is 10.8 Å². The zero-order valence-electron chi connectivity index (χ0n) is 16.3. The van der Waals surface area contributed by atoms with Gasteiger partial charge in [-0.1, -0.05) is 30.3 Å². The lowest BCUT2D eigenvalue weighted by molar-refractivity contribution is -0.159. The molecule has 1 heterocycles. The molecule has 2 rings (SSSR count). The number of hydrogen-bond acceptors (Lipinski definition) is 7. The highest BCUT2D eigenvalue weighted by Crippen LogP contribution is 2.20. The van der Waals surface area contributed by atoms with Crippen molar-refractivity contribution in [3.8, 4) is 0 Å². The van der Waals surface area contributed by atoms with Gasteiger partial charge in [0.1, 0.15) is 6.61 Å². The van der Waals surface area contributed by atoms with Crippen LogP contribution in [-0.2, 0) is 19.1 Å². The Hall–Kier alpha value is -3.04. The Morgan fingerprint density at radius 2 is 1.62 bits per heavy atom. The molecule has 1 aromatic heterocycles. The first kappa shape index (κ1) is 24.0. The summed E-state index contributed by atoms with van der Waals surface area (Å²) in [6, 6.07) is 10.8. The van der Waals surface area contributed by atoms with E-state index >= 15 is 0 Å². The first-order chi connectivity index (χ1) is 13.6. The van der Waals surface area contributed by atoms with Crippen molar-refractivity contribution in [2.45, 2.75) is 12.8 Å². The van der Waals surface area contributed by atoms with Crippen molar-refractivity contribution in [2.24, 2.45) is 0 Å². The van der Waals surface area contributed by atoms with Crippen LogP contribution in [0.25, 0.3) is 0 Å². The molecule has 29 heavy (non-hydrogen) atoms. The van der Waals surface area contributed by atoms with Crippen molar-refractivity contribution in [3.63, 3.8) is 0 Å². The Kier molecular flexibility index (Phi) is 9.70. The molecule has 2 aromatic rings. The van der Waals surface area contributed by atoms with Crippen LogP contribution in [0.5, 0.6) is 0 Å². The SMILES string of the molecule is CC(C(=O)OCCN(C)C)c1ccc(C(=O)c2cccs2)cc1.O=C(O)C(=O)O. The molecule has 156 valence electrons. The number of carbonyl (C=O) groups excluding carboxylic acids is 2. The normalized spacial score (nSPS) is 11.2. The van der Waals surface area contributed by atoms with Crippen LogP contribution in [0, 0.1) is 0 Å². The molecule has 0 bridgehead atoms. The molecule has 0 radical (unpaired) electrons. The summed E-state index contributed by atoms with van der Waals surface area (Å²) in [5.41, 5.74) is 1.48. The molecule has 8 nitrogen and oxygen atoms in total. The van der Waals surface area contributed by atoms with Gasteiger partial charge in [-0.15, -0.1) is 11.3 Å². The molecule has 0 spiro atoms. The number of carbonyl (C=O) groups is 4. The third kappa shape index (κ3) is 8.24. The summed E-state index contributed by atoms with van der Waals surface area (Å²) in [4.78, 5) is 45.1. The summed E-state index contributed by atoms with van der Waals surface area (Å²) < 4.78 is 5.26. The number of thiophene rings is 1. The summed E-state index contributed by atoms with van der Waals surface area (Å²) in [5.74, 6) is -4.23. The number of benzene rings is 1. The number of rotatable bonds is 7. The van der Waals surface area contributed by atoms with E-state index < -0.39 is 11.9 Å². The molecular formula is C20H23NO7S. The molecule has 0 aliphatic carbocycles. The number of carboxylic acid groups (broad SMARTS) is 2. The van der Waals surface area contributed by atoms with Crippen LogP contribution >= 0.6 is 11.3 Å². The highest BCUT2D eigenvalue weighted by atomic mass is 32.1. The molecule has 1 unspecified atom stereocenters. The van der Waals surface area contributed by atoms with Gasteiger partial charge in [0.25, 0.3) is 0 Å². The zero-order valence-corrected chi connectivity index (χ0v) is 17.1. The molecule has 0 amide bonds. The van der Waals surface area contributed by atoms with Crippen LogP contribution in [-0.4, -0.2) is 66.1 Å². The van der Waals surface area contributed by atoms with Crippen LogP contribution in [0.4, 0.5) is 0 Å². The molecule has 2 N–H and O–H groups in total. The maximum absolute atomic E-state index is 12.2. The predicted octanol–water partition coefficient (Wildman–Crippen LogP) is 2.34. The molecule has 1 atom stereocenters. The molecule has 0 saturated heterocycles. The number of esters is 1. The van der Waals surface area contributed by atoms with Crippen molar-refractivity contribution < 1.29 is 34.1 Å². The van der Waals surface area contributed by atoms with E-state index in [1.54, 1.807) is 12.1 Å². The average Bonchev–Trinajstić information content (AvgIpc) is 3.21. The maximum Gasteiger partial charge on any atom is 0.414 e. The Morgan fingerprint density at radius 3 is 2.07 bits per heavy atom. The van der Waals surface area contributed by atoms with Gasteiger partial charge in [-0.3, -0.25) is 9.59 Å². The van der Waals surface area contributed by atoms with E-state index in [9.17, 15) is 9.59 Å². The highest BCUT2D eigenvalue weighted by Gasteiger charge is 2.18. The van der Waals surface area contributed by atoms with Gasteiger partial charge in [0, 0.05) is 12.1 Å². The number of nitrogens with zero attached hydrogens (tertiary/aromatic N) is 1. The van der Waals surface area contributed by atoms with E-state index in [0.717, 1.165) is 5.56 Å². The largest absolute Gasteiger partial charge is 0.473 e. The van der Waals surface area contributed by atoms with Crippen molar-refractivity contribution >= 4 is 35.0 Å². The van der Waals surface area contributed by atoms with Crippen molar-refractivity contribution in [1.29, 1.82) is 0 Å². The number of carboxylic acids is 2. The summed E-state index contributed by atoms with van der Waals surface area (Å²) >= 11 is 1.42. The van der Waals surface area contributed by atoms with Gasteiger partial charge in [-0.25, -0.2) is 9.59 Å². The Labute approximate surface area is 172 Å². The second-order valence-corrected chi connectivity index (χ2v) is 7.18. The molecule has 0 aliphatic heterocycles. The van der Waals surface area contributed by atoms with Crippen molar-refractivity contribution in [1.82, 2.24) is 4.90 Å². The van der Waals surface area contributed by atoms with Crippen LogP contribution < -0.4 is 0 Å². The van der Waals surface area contributed by atoms with Gasteiger partial charge in [-0.05, 0) is 38.0 Å². The minimum absolute atomic E-state index is 0.00719. The standard InChI is InChI=1S/C18H21NO3S.C2H2O4/c1-13(18(21)22-11-10-19(2)3)14-6-8-15(9-7-14)17(20)16-5-4-12-23-16;3-1(4)2(5)6/h4-9,12-13H,10-11H2,1-3H3;(H,3,4)(H,5,6). The topological polar surface area (TPSA) is 121 Å². The molecule has 0 aliphatic rings. The fourth-order valence-corrected chi connectivity index (χ4v) is 2.75. The second-order valence-electron chi connectivity index (χ2n) is 6.23. The first-order valence-corrected chi connectivity index (χ1v) is 9.47. The lowest BCUT2D eigenvalue weighted by Crippen LogP contribution is -2.22. The number of ketones is 1. The number of hydrogen-bond donors (Lipinski definition) is 2. The van der Waals surface area contributed by atoms with Gasteiger partial charge in [0.2, 0.25) is 5.78 Å². The predicted molar refractivity (Wildman–Crippen MR) is 107 cm³/mol. The third-order valence-corrected chi connectivity index (χ3v) is 4.61. The number of likely N-dealkylation sites (N-methyl/N-ethyl adjacent to an activating group) is 1. The monoisotopic (exact) mass is 421 g/mol. The van der Waals surface area contributed by atoms with E-state index in [2.05, 4.69) is 0 Å². The minimum Gasteiger partial charge on any atom is -0.473 e. The van der Waals surface area contributed by atoms with Gasteiger partial charge >= 0.3 is 17.9 Å². The van der Waals surface area contributed by atoms with Crippen LogP contribution in [0.2, 0.25) is 0 Å². The Bertz CT molecular complexity index is 817. The van der Waals surface area contributed by atoms with Crippen LogP contribution in [0.15, 0.2) is 41.8 Å². The maximum atomic E-state index is 12.2. The van der Waals surface area contributed by atoms with Gasteiger partial charge < -0.3 is 19.8 Å². The molecule has 0 fully saturated rings.